The number of aromatic nitrogens is 2. The lowest BCUT2D eigenvalue weighted by atomic mass is 9.69. The van der Waals surface area contributed by atoms with Gasteiger partial charge in [0.05, 0.1) is 22.9 Å². The van der Waals surface area contributed by atoms with Crippen LogP contribution < -0.4 is 5.32 Å². The van der Waals surface area contributed by atoms with Crippen molar-refractivity contribution in [1.82, 2.24) is 15.1 Å². The van der Waals surface area contributed by atoms with E-state index < -0.39 is 21.5 Å². The van der Waals surface area contributed by atoms with Crippen LogP contribution in [0.1, 0.15) is 17.7 Å². The SMILES string of the molecule is COC[C@@]12CNCCC1=Cc1c(c(S(=O)(=O)c3ccc(F)cc3)nn1-c1ccc(F)cc1)C2. The molecule has 0 spiro atoms. The fraction of sp³-hybridized carbons (Fsp3) is 0.292. The molecule has 2 aliphatic rings. The summed E-state index contributed by atoms with van der Waals surface area (Å²) in [5.74, 6) is -0.914. The van der Waals surface area contributed by atoms with E-state index in [4.69, 9.17) is 4.74 Å². The number of ether oxygens (including phenoxy) is 1. The van der Waals surface area contributed by atoms with Crippen LogP contribution in [0.2, 0.25) is 0 Å². The summed E-state index contributed by atoms with van der Waals surface area (Å²) in [4.78, 5) is -0.0345. The molecule has 33 heavy (non-hydrogen) atoms. The summed E-state index contributed by atoms with van der Waals surface area (Å²) < 4.78 is 61.3. The molecule has 3 aromatic rings. The molecule has 2 aromatic carbocycles. The number of nitrogens with one attached hydrogen (secondary N) is 1. The molecule has 1 aliphatic carbocycles. The van der Waals surface area contributed by atoms with Crippen molar-refractivity contribution in [3.8, 4) is 5.69 Å². The van der Waals surface area contributed by atoms with Crippen LogP contribution in [0.4, 0.5) is 8.78 Å². The van der Waals surface area contributed by atoms with E-state index in [-0.39, 0.29) is 15.3 Å². The maximum absolute atomic E-state index is 13.6. The number of nitrogens with zero attached hydrogens (tertiary/aromatic N) is 2. The molecule has 9 heteroatoms. The van der Waals surface area contributed by atoms with Gasteiger partial charge in [0.2, 0.25) is 9.84 Å². The quantitative estimate of drug-likeness (QED) is 0.577. The van der Waals surface area contributed by atoms with Gasteiger partial charge in [-0.05, 0) is 74.0 Å². The van der Waals surface area contributed by atoms with Gasteiger partial charge in [-0.1, -0.05) is 5.57 Å². The molecule has 1 saturated heterocycles. The first kappa shape index (κ1) is 21.9. The monoisotopic (exact) mass is 471 g/mol. The van der Waals surface area contributed by atoms with E-state index >= 15 is 0 Å². The zero-order valence-corrected chi connectivity index (χ0v) is 18.8. The first-order chi connectivity index (χ1) is 15.8. The van der Waals surface area contributed by atoms with Gasteiger partial charge < -0.3 is 10.1 Å². The second-order valence-electron chi connectivity index (χ2n) is 8.50. The van der Waals surface area contributed by atoms with Gasteiger partial charge in [0, 0.05) is 24.6 Å². The molecular weight excluding hydrogens is 448 g/mol. The number of piperidine rings is 1. The topological polar surface area (TPSA) is 73.2 Å². The Hall–Kier alpha value is -2.88. The van der Waals surface area contributed by atoms with Crippen LogP contribution in [-0.2, 0) is 21.0 Å². The average molecular weight is 472 g/mol. The Labute approximate surface area is 190 Å². The van der Waals surface area contributed by atoms with Gasteiger partial charge in [0.1, 0.15) is 11.6 Å². The number of methoxy groups -OCH3 is 1. The molecule has 0 radical (unpaired) electrons. The van der Waals surface area contributed by atoms with E-state index in [1.54, 1.807) is 23.9 Å². The van der Waals surface area contributed by atoms with Crippen molar-refractivity contribution >= 4 is 15.9 Å². The van der Waals surface area contributed by atoms with Crippen LogP contribution in [0.25, 0.3) is 11.8 Å². The molecule has 0 bridgehead atoms. The second-order valence-corrected chi connectivity index (χ2v) is 10.4. The normalized spacial score (nSPS) is 20.2. The minimum Gasteiger partial charge on any atom is -0.384 e. The molecule has 1 aromatic heterocycles. The van der Waals surface area contributed by atoms with Crippen molar-refractivity contribution < 1.29 is 21.9 Å². The van der Waals surface area contributed by atoms with E-state index in [0.29, 0.717) is 36.5 Å². The number of halogens is 2. The van der Waals surface area contributed by atoms with Gasteiger partial charge in [0.15, 0.2) is 5.03 Å². The molecular formula is C24H23F2N3O3S. The van der Waals surface area contributed by atoms with Crippen molar-refractivity contribution in [2.45, 2.75) is 22.8 Å². The number of hydrogen-bond acceptors (Lipinski definition) is 5. The summed E-state index contributed by atoms with van der Waals surface area (Å²) in [6.07, 6.45) is 3.22. The van der Waals surface area contributed by atoms with Crippen LogP contribution in [0.15, 0.2) is 64.0 Å². The number of benzene rings is 2. The van der Waals surface area contributed by atoms with Crippen molar-refractivity contribution in [2.24, 2.45) is 5.41 Å². The van der Waals surface area contributed by atoms with Crippen molar-refractivity contribution in [3.05, 3.63) is 77.0 Å². The third kappa shape index (κ3) is 3.70. The highest BCUT2D eigenvalue weighted by Gasteiger charge is 2.43. The summed E-state index contributed by atoms with van der Waals surface area (Å²) in [6.45, 7) is 1.91. The van der Waals surface area contributed by atoms with Crippen molar-refractivity contribution in [3.63, 3.8) is 0 Å². The van der Waals surface area contributed by atoms with Gasteiger partial charge in [-0.15, -0.1) is 0 Å². The second kappa shape index (κ2) is 8.16. The molecule has 1 N–H and O–H groups in total. The molecule has 0 amide bonds. The Balaban J connectivity index is 1.74. The third-order valence-electron chi connectivity index (χ3n) is 6.40. The Morgan fingerprint density at radius 3 is 2.42 bits per heavy atom. The van der Waals surface area contributed by atoms with Crippen LogP contribution >= 0.6 is 0 Å². The van der Waals surface area contributed by atoms with Gasteiger partial charge in [-0.2, -0.15) is 5.10 Å². The number of fused-ring (bicyclic) bond motifs is 2. The number of rotatable bonds is 5. The highest BCUT2D eigenvalue weighted by atomic mass is 32.2. The third-order valence-corrected chi connectivity index (χ3v) is 8.13. The number of sulfone groups is 1. The van der Waals surface area contributed by atoms with E-state index in [1.807, 2.05) is 6.08 Å². The predicted molar refractivity (Wildman–Crippen MR) is 119 cm³/mol. The van der Waals surface area contributed by atoms with Gasteiger partial charge >= 0.3 is 0 Å². The minimum atomic E-state index is -4.04. The lowest BCUT2D eigenvalue weighted by Crippen LogP contribution is -2.47. The van der Waals surface area contributed by atoms with Gasteiger partial charge in [-0.25, -0.2) is 21.9 Å². The highest BCUT2D eigenvalue weighted by molar-refractivity contribution is 7.91. The fourth-order valence-corrected chi connectivity index (χ4v) is 6.19. The Kier molecular flexibility index (Phi) is 5.43. The summed E-state index contributed by atoms with van der Waals surface area (Å²) in [5.41, 5.74) is 2.57. The molecule has 1 aliphatic heterocycles. The zero-order chi connectivity index (χ0) is 23.2. The lowest BCUT2D eigenvalue weighted by molar-refractivity contribution is 0.0923. The average Bonchev–Trinajstić information content (AvgIpc) is 3.17. The molecule has 1 atom stereocenters. The summed E-state index contributed by atoms with van der Waals surface area (Å²) >= 11 is 0. The summed E-state index contributed by atoms with van der Waals surface area (Å²) in [6, 6.07) is 10.5. The van der Waals surface area contributed by atoms with Crippen LogP contribution in [0.5, 0.6) is 0 Å². The lowest BCUT2D eigenvalue weighted by Gasteiger charge is -2.42. The standard InChI is InChI=1S/C24H23F2N3O3S/c1-32-15-24-13-21-22(12-16(24)10-11-27-14-24)29(19-6-2-17(25)3-7-19)28-23(21)33(30,31)20-8-4-18(26)5-9-20/h2-9,12,27H,10-11,13-15H2,1H3/t24-/m1/s1. The molecule has 6 nitrogen and oxygen atoms in total. The Morgan fingerprint density at radius 2 is 1.76 bits per heavy atom. The summed E-state index contributed by atoms with van der Waals surface area (Å²) in [5, 5.41) is 7.84. The van der Waals surface area contributed by atoms with Crippen molar-refractivity contribution in [1.29, 1.82) is 0 Å². The van der Waals surface area contributed by atoms with Gasteiger partial charge in [-0.3, -0.25) is 0 Å². The van der Waals surface area contributed by atoms with Gasteiger partial charge in [0.25, 0.3) is 0 Å². The zero-order valence-electron chi connectivity index (χ0n) is 18.0. The van der Waals surface area contributed by atoms with E-state index in [9.17, 15) is 17.2 Å². The Bertz CT molecular complexity index is 1330. The molecule has 2 heterocycles. The largest absolute Gasteiger partial charge is 0.384 e. The van der Waals surface area contributed by atoms with E-state index in [0.717, 1.165) is 25.1 Å². The van der Waals surface area contributed by atoms with E-state index in [1.165, 1.54) is 29.8 Å². The molecule has 172 valence electrons. The minimum absolute atomic E-state index is 0.0345. The molecule has 0 saturated carbocycles. The first-order valence-electron chi connectivity index (χ1n) is 10.6. The molecule has 1 fully saturated rings. The van der Waals surface area contributed by atoms with E-state index in [2.05, 4.69) is 10.4 Å². The Morgan fingerprint density at radius 1 is 1.09 bits per heavy atom. The van der Waals surface area contributed by atoms with Crippen molar-refractivity contribution in [2.75, 3.05) is 26.8 Å². The molecule has 0 unspecified atom stereocenters. The van der Waals surface area contributed by atoms with Crippen LogP contribution in [-0.4, -0.2) is 45.0 Å². The predicted octanol–water partition coefficient (Wildman–Crippen LogP) is 3.55. The van der Waals surface area contributed by atoms with Crippen LogP contribution in [0, 0.1) is 17.0 Å². The first-order valence-corrected chi connectivity index (χ1v) is 12.1. The smallest absolute Gasteiger partial charge is 0.225 e. The maximum atomic E-state index is 13.6. The highest BCUT2D eigenvalue weighted by Crippen LogP contribution is 2.45. The van der Waals surface area contributed by atoms with Crippen LogP contribution in [0.3, 0.4) is 0 Å². The number of hydrogen-bond donors (Lipinski definition) is 1. The fourth-order valence-electron chi connectivity index (χ4n) is 4.78. The molecule has 5 rings (SSSR count). The summed E-state index contributed by atoms with van der Waals surface area (Å²) in [7, 11) is -2.40. The maximum Gasteiger partial charge on any atom is 0.225 e.